The summed E-state index contributed by atoms with van der Waals surface area (Å²) in [6, 6.07) is 0. The number of hydrogen-bond acceptors (Lipinski definition) is 1. The van der Waals surface area contributed by atoms with E-state index in [1.54, 1.807) is 0 Å². The number of ether oxygens (including phenoxy) is 1. The van der Waals surface area contributed by atoms with Crippen LogP contribution in [0.25, 0.3) is 0 Å². The molecule has 1 saturated heterocycles. The Balaban J connectivity index is 2.31. The van der Waals surface area contributed by atoms with Crippen molar-refractivity contribution in [3.63, 3.8) is 0 Å². The Hall–Kier alpha value is -0.110. The van der Waals surface area contributed by atoms with Gasteiger partial charge in [-0.05, 0) is 18.8 Å². The molecule has 3 atom stereocenters. The van der Waals surface area contributed by atoms with Gasteiger partial charge in [-0.1, -0.05) is 20.3 Å². The summed E-state index contributed by atoms with van der Waals surface area (Å²) in [7, 11) is 0. The molecule has 0 aromatic rings. The topological polar surface area (TPSA) is 9.23 Å². The minimum Gasteiger partial charge on any atom is -0.375 e. The number of hydrogen-bond donors (Lipinski definition) is 0. The molecule has 0 spiro atoms. The lowest BCUT2D eigenvalue weighted by molar-refractivity contribution is -0.0628. The molecule has 3 unspecified atom stereocenters. The fourth-order valence-corrected chi connectivity index (χ4v) is 1.67. The van der Waals surface area contributed by atoms with Gasteiger partial charge >= 0.3 is 0 Å². The van der Waals surface area contributed by atoms with E-state index in [-0.39, 0.29) is 0 Å². The van der Waals surface area contributed by atoms with Gasteiger partial charge in [-0.2, -0.15) is 0 Å². The van der Waals surface area contributed by atoms with Crippen LogP contribution in [-0.2, 0) is 4.74 Å². The van der Waals surface area contributed by atoms with Crippen LogP contribution in [0.4, 0.5) is 4.39 Å². The van der Waals surface area contributed by atoms with Crippen LogP contribution in [0, 0.1) is 5.92 Å². The molecule has 1 fully saturated rings. The quantitative estimate of drug-likeness (QED) is 0.603. The molecule has 0 N–H and O–H groups in total. The zero-order valence-electron chi connectivity index (χ0n) is 7.35. The fraction of sp³-hybridized carbons (Fsp3) is 1.00. The van der Waals surface area contributed by atoms with E-state index in [4.69, 9.17) is 4.74 Å². The van der Waals surface area contributed by atoms with Crippen LogP contribution in [0.2, 0.25) is 0 Å². The average molecular weight is 160 g/mol. The Labute approximate surface area is 67.9 Å². The Morgan fingerprint density at radius 3 is 2.82 bits per heavy atom. The molecule has 1 heterocycles. The summed E-state index contributed by atoms with van der Waals surface area (Å²) in [5, 5.41) is 0. The summed E-state index contributed by atoms with van der Waals surface area (Å²) in [6.45, 7) is 4.53. The first-order chi connectivity index (χ1) is 5.24. The third-order valence-electron chi connectivity index (χ3n) is 2.33. The van der Waals surface area contributed by atoms with E-state index in [0.29, 0.717) is 25.0 Å². The second-order valence-electron chi connectivity index (χ2n) is 3.47. The Morgan fingerprint density at radius 2 is 2.27 bits per heavy atom. The largest absolute Gasteiger partial charge is 0.375 e. The highest BCUT2D eigenvalue weighted by Crippen LogP contribution is 2.25. The van der Waals surface area contributed by atoms with Crippen LogP contribution < -0.4 is 0 Å². The van der Waals surface area contributed by atoms with Crippen LogP contribution in [0.5, 0.6) is 0 Å². The highest BCUT2D eigenvalue weighted by atomic mass is 19.1. The van der Waals surface area contributed by atoms with Crippen molar-refractivity contribution in [1.29, 1.82) is 0 Å². The third-order valence-corrected chi connectivity index (χ3v) is 2.33. The predicted molar refractivity (Wildman–Crippen MR) is 43.3 cm³/mol. The Bertz CT molecular complexity index is 116. The minimum absolute atomic E-state index is 0.312. The first kappa shape index (κ1) is 8.98. The molecule has 1 rings (SSSR count). The van der Waals surface area contributed by atoms with E-state index < -0.39 is 6.17 Å². The van der Waals surface area contributed by atoms with Crippen LogP contribution >= 0.6 is 0 Å². The Morgan fingerprint density at radius 1 is 1.55 bits per heavy atom. The molecule has 0 aromatic heterocycles. The van der Waals surface area contributed by atoms with Gasteiger partial charge in [0.2, 0.25) is 0 Å². The molecule has 1 aliphatic rings. The summed E-state index contributed by atoms with van der Waals surface area (Å²) in [4.78, 5) is 0. The summed E-state index contributed by atoms with van der Waals surface area (Å²) in [6.07, 6.45) is 2.48. The summed E-state index contributed by atoms with van der Waals surface area (Å²) >= 11 is 0. The highest BCUT2D eigenvalue weighted by molar-refractivity contribution is 4.75. The van der Waals surface area contributed by atoms with Gasteiger partial charge in [-0.25, -0.2) is 4.39 Å². The molecule has 0 aromatic carbocycles. The van der Waals surface area contributed by atoms with Gasteiger partial charge < -0.3 is 4.74 Å². The number of alkyl halides is 1. The van der Waals surface area contributed by atoms with E-state index >= 15 is 0 Å². The van der Waals surface area contributed by atoms with E-state index in [9.17, 15) is 4.39 Å². The lowest BCUT2D eigenvalue weighted by Crippen LogP contribution is -2.33. The maximum atomic E-state index is 12.7. The fourth-order valence-electron chi connectivity index (χ4n) is 1.67. The summed E-state index contributed by atoms with van der Waals surface area (Å²) < 4.78 is 18.1. The molecule has 2 heteroatoms. The molecule has 0 aliphatic carbocycles. The highest BCUT2D eigenvalue weighted by Gasteiger charge is 2.26. The molecule has 0 bridgehead atoms. The molecular formula is C9H17FO. The smallest absolute Gasteiger partial charge is 0.124 e. The molecule has 0 saturated carbocycles. The van der Waals surface area contributed by atoms with Crippen LogP contribution in [0.1, 0.15) is 33.1 Å². The summed E-state index contributed by atoms with van der Waals surface area (Å²) in [5.74, 6) is 0.402. The first-order valence-corrected chi connectivity index (χ1v) is 4.49. The van der Waals surface area contributed by atoms with Crippen LogP contribution in [0.15, 0.2) is 0 Å². The molecule has 1 aliphatic heterocycles. The van der Waals surface area contributed by atoms with Gasteiger partial charge in [0.1, 0.15) is 6.17 Å². The van der Waals surface area contributed by atoms with Gasteiger partial charge in [-0.15, -0.1) is 0 Å². The SMILES string of the molecule is CCCC1OCC(F)CC1C. The van der Waals surface area contributed by atoms with Crippen LogP contribution in [0.3, 0.4) is 0 Å². The minimum atomic E-state index is -0.724. The predicted octanol–water partition coefficient (Wildman–Crippen LogP) is 2.55. The van der Waals surface area contributed by atoms with Gasteiger partial charge in [0, 0.05) is 0 Å². The molecule has 0 amide bonds. The molecular weight excluding hydrogens is 143 g/mol. The van der Waals surface area contributed by atoms with E-state index in [1.807, 2.05) is 0 Å². The zero-order chi connectivity index (χ0) is 8.27. The van der Waals surface area contributed by atoms with Gasteiger partial charge in [0.15, 0.2) is 0 Å². The second-order valence-corrected chi connectivity index (χ2v) is 3.47. The molecule has 11 heavy (non-hydrogen) atoms. The van der Waals surface area contributed by atoms with E-state index in [2.05, 4.69) is 13.8 Å². The van der Waals surface area contributed by atoms with Crippen molar-refractivity contribution >= 4 is 0 Å². The van der Waals surface area contributed by atoms with Crippen molar-refractivity contribution in [3.8, 4) is 0 Å². The maximum Gasteiger partial charge on any atom is 0.124 e. The van der Waals surface area contributed by atoms with Gasteiger partial charge in [0.05, 0.1) is 12.7 Å². The Kier molecular flexibility index (Phi) is 3.31. The average Bonchev–Trinajstić information content (AvgIpc) is 1.95. The second kappa shape index (κ2) is 4.05. The normalized spacial score (nSPS) is 39.0. The number of rotatable bonds is 2. The van der Waals surface area contributed by atoms with Crippen molar-refractivity contribution in [2.75, 3.05) is 6.61 Å². The van der Waals surface area contributed by atoms with Crippen molar-refractivity contribution in [2.24, 2.45) is 5.92 Å². The lowest BCUT2D eigenvalue weighted by Gasteiger charge is -2.30. The molecule has 66 valence electrons. The van der Waals surface area contributed by atoms with Gasteiger partial charge in [-0.3, -0.25) is 0 Å². The third kappa shape index (κ3) is 2.44. The zero-order valence-corrected chi connectivity index (χ0v) is 7.35. The molecule has 1 nitrogen and oxygen atoms in total. The van der Waals surface area contributed by atoms with E-state index in [0.717, 1.165) is 12.8 Å². The van der Waals surface area contributed by atoms with E-state index in [1.165, 1.54) is 0 Å². The monoisotopic (exact) mass is 160 g/mol. The van der Waals surface area contributed by atoms with Crippen molar-refractivity contribution in [2.45, 2.75) is 45.4 Å². The van der Waals surface area contributed by atoms with Crippen molar-refractivity contribution < 1.29 is 9.13 Å². The first-order valence-electron chi connectivity index (χ1n) is 4.49. The standard InChI is InChI=1S/C9H17FO/c1-3-4-9-7(2)5-8(10)6-11-9/h7-9H,3-6H2,1-2H3. The number of halogens is 1. The molecule has 0 radical (unpaired) electrons. The van der Waals surface area contributed by atoms with Crippen molar-refractivity contribution in [3.05, 3.63) is 0 Å². The van der Waals surface area contributed by atoms with Gasteiger partial charge in [0.25, 0.3) is 0 Å². The summed E-state index contributed by atoms with van der Waals surface area (Å²) in [5.41, 5.74) is 0. The van der Waals surface area contributed by atoms with Crippen LogP contribution in [-0.4, -0.2) is 18.9 Å². The maximum absolute atomic E-state index is 12.7. The van der Waals surface area contributed by atoms with Crippen molar-refractivity contribution in [1.82, 2.24) is 0 Å². The lowest BCUT2D eigenvalue weighted by atomic mass is 9.93.